The second-order valence-corrected chi connectivity index (χ2v) is 6.29. The molecule has 0 saturated carbocycles. The Balaban J connectivity index is 1.62. The van der Waals surface area contributed by atoms with E-state index in [9.17, 15) is 9.59 Å². The van der Waals surface area contributed by atoms with Gasteiger partial charge < -0.3 is 19.7 Å². The van der Waals surface area contributed by atoms with Crippen molar-refractivity contribution in [3.8, 4) is 11.8 Å². The topological polar surface area (TPSA) is 93.7 Å². The zero-order valence-electron chi connectivity index (χ0n) is 15.3. The molecule has 1 N–H and O–H groups in total. The Morgan fingerprint density at radius 1 is 1.19 bits per heavy atom. The van der Waals surface area contributed by atoms with Crippen molar-refractivity contribution >= 4 is 17.5 Å². The SMILES string of the molecule is COc1cncc(OC2CCCN(C(=O)c3ccc(NC(C)=O)cc3)C2)n1. The molecule has 3 rings (SSSR count). The van der Waals surface area contributed by atoms with Gasteiger partial charge in [-0.05, 0) is 37.1 Å². The van der Waals surface area contributed by atoms with Crippen molar-refractivity contribution in [2.24, 2.45) is 0 Å². The molecule has 1 aromatic carbocycles. The van der Waals surface area contributed by atoms with Crippen molar-refractivity contribution in [3.63, 3.8) is 0 Å². The predicted molar refractivity (Wildman–Crippen MR) is 98.9 cm³/mol. The number of ether oxygens (including phenoxy) is 2. The van der Waals surface area contributed by atoms with Gasteiger partial charge in [-0.3, -0.25) is 14.6 Å². The van der Waals surface area contributed by atoms with Crippen LogP contribution in [0.3, 0.4) is 0 Å². The van der Waals surface area contributed by atoms with Crippen LogP contribution in [0.5, 0.6) is 11.8 Å². The number of carbonyl (C=O) groups is 2. The Morgan fingerprint density at radius 3 is 2.63 bits per heavy atom. The van der Waals surface area contributed by atoms with Crippen LogP contribution in [0.25, 0.3) is 0 Å². The molecule has 8 heteroatoms. The zero-order valence-corrected chi connectivity index (χ0v) is 15.3. The minimum Gasteiger partial charge on any atom is -0.480 e. The minimum absolute atomic E-state index is 0.0607. The Bertz CT molecular complexity index is 810. The van der Waals surface area contributed by atoms with E-state index in [4.69, 9.17) is 9.47 Å². The van der Waals surface area contributed by atoms with Crippen LogP contribution in [0.1, 0.15) is 30.1 Å². The van der Waals surface area contributed by atoms with Gasteiger partial charge in [-0.1, -0.05) is 0 Å². The molecule has 1 unspecified atom stereocenters. The van der Waals surface area contributed by atoms with Gasteiger partial charge in [-0.25, -0.2) is 0 Å². The summed E-state index contributed by atoms with van der Waals surface area (Å²) in [5, 5.41) is 2.69. The summed E-state index contributed by atoms with van der Waals surface area (Å²) in [4.78, 5) is 33.9. The molecule has 1 atom stereocenters. The second kappa shape index (κ2) is 8.48. The van der Waals surface area contributed by atoms with Gasteiger partial charge in [0.2, 0.25) is 17.7 Å². The molecule has 0 aliphatic carbocycles. The number of methoxy groups -OCH3 is 1. The third-order valence-corrected chi connectivity index (χ3v) is 4.20. The van der Waals surface area contributed by atoms with Gasteiger partial charge in [0.25, 0.3) is 5.91 Å². The summed E-state index contributed by atoms with van der Waals surface area (Å²) in [5.41, 5.74) is 1.24. The number of piperidine rings is 1. The number of rotatable bonds is 5. The number of amides is 2. The first-order chi connectivity index (χ1) is 13.0. The van der Waals surface area contributed by atoms with Gasteiger partial charge >= 0.3 is 0 Å². The van der Waals surface area contributed by atoms with Crippen molar-refractivity contribution in [1.29, 1.82) is 0 Å². The third-order valence-electron chi connectivity index (χ3n) is 4.20. The molecule has 1 saturated heterocycles. The average molecular weight is 370 g/mol. The summed E-state index contributed by atoms with van der Waals surface area (Å²) < 4.78 is 10.9. The van der Waals surface area contributed by atoms with Crippen molar-refractivity contribution in [1.82, 2.24) is 14.9 Å². The number of likely N-dealkylation sites (tertiary alicyclic amines) is 1. The first-order valence-corrected chi connectivity index (χ1v) is 8.75. The molecule has 0 radical (unpaired) electrons. The molecule has 2 aromatic rings. The largest absolute Gasteiger partial charge is 0.480 e. The lowest BCUT2D eigenvalue weighted by Gasteiger charge is -2.32. The highest BCUT2D eigenvalue weighted by Gasteiger charge is 2.26. The van der Waals surface area contributed by atoms with Crippen molar-refractivity contribution in [3.05, 3.63) is 42.2 Å². The van der Waals surface area contributed by atoms with Crippen LogP contribution in [-0.4, -0.2) is 53.0 Å². The summed E-state index contributed by atoms with van der Waals surface area (Å²) in [7, 11) is 1.52. The molecule has 1 aliphatic rings. The maximum Gasteiger partial charge on any atom is 0.253 e. The van der Waals surface area contributed by atoms with Gasteiger partial charge in [-0.2, -0.15) is 4.98 Å². The molecule has 0 bridgehead atoms. The van der Waals surface area contributed by atoms with Crippen molar-refractivity contribution in [2.45, 2.75) is 25.9 Å². The number of hydrogen-bond acceptors (Lipinski definition) is 6. The first kappa shape index (κ1) is 18.6. The lowest BCUT2D eigenvalue weighted by atomic mass is 10.1. The van der Waals surface area contributed by atoms with Gasteiger partial charge in [0.05, 0.1) is 26.0 Å². The molecule has 1 aromatic heterocycles. The Kier molecular flexibility index (Phi) is 5.85. The Morgan fingerprint density at radius 2 is 1.93 bits per heavy atom. The normalized spacial score (nSPS) is 16.5. The molecular weight excluding hydrogens is 348 g/mol. The van der Waals surface area contributed by atoms with Gasteiger partial charge in [0.15, 0.2) is 0 Å². The van der Waals surface area contributed by atoms with Crippen molar-refractivity contribution < 1.29 is 19.1 Å². The van der Waals surface area contributed by atoms with Crippen LogP contribution in [0.15, 0.2) is 36.7 Å². The highest BCUT2D eigenvalue weighted by Crippen LogP contribution is 2.20. The number of nitrogens with zero attached hydrogens (tertiary/aromatic N) is 3. The van der Waals surface area contributed by atoms with Gasteiger partial charge in [0.1, 0.15) is 6.10 Å². The Labute approximate surface area is 157 Å². The summed E-state index contributed by atoms with van der Waals surface area (Å²) >= 11 is 0. The molecule has 8 nitrogen and oxygen atoms in total. The molecular formula is C19H22N4O4. The number of benzene rings is 1. The fraction of sp³-hybridized carbons (Fsp3) is 0.368. The molecule has 142 valence electrons. The van der Waals surface area contributed by atoms with E-state index in [1.54, 1.807) is 29.2 Å². The fourth-order valence-corrected chi connectivity index (χ4v) is 2.96. The quantitative estimate of drug-likeness (QED) is 0.867. The number of anilines is 1. The third kappa shape index (κ3) is 4.93. The number of aromatic nitrogens is 2. The van der Waals surface area contributed by atoms with Crippen LogP contribution >= 0.6 is 0 Å². The highest BCUT2D eigenvalue weighted by atomic mass is 16.5. The summed E-state index contributed by atoms with van der Waals surface area (Å²) in [6, 6.07) is 6.87. The molecule has 0 spiro atoms. The van der Waals surface area contributed by atoms with Crippen LogP contribution in [0.4, 0.5) is 5.69 Å². The standard InChI is InChI=1S/C19H22N4O4/c1-13(24)21-15-7-5-14(6-8-15)19(25)23-9-3-4-16(12-23)27-18-11-20-10-17(22-18)26-2/h5-8,10-11,16H,3-4,9,12H2,1-2H3,(H,21,24). The Hall–Kier alpha value is -3.16. The number of carbonyl (C=O) groups excluding carboxylic acids is 2. The molecule has 1 fully saturated rings. The van der Waals surface area contributed by atoms with E-state index in [1.807, 2.05) is 0 Å². The van der Waals surface area contributed by atoms with E-state index in [0.29, 0.717) is 36.1 Å². The van der Waals surface area contributed by atoms with E-state index in [-0.39, 0.29) is 17.9 Å². The molecule has 27 heavy (non-hydrogen) atoms. The van der Waals surface area contributed by atoms with E-state index in [1.165, 1.54) is 26.4 Å². The van der Waals surface area contributed by atoms with Gasteiger partial charge in [-0.15, -0.1) is 0 Å². The minimum atomic E-state index is -0.150. The van der Waals surface area contributed by atoms with Crippen LogP contribution in [-0.2, 0) is 4.79 Å². The van der Waals surface area contributed by atoms with Gasteiger partial charge in [0, 0.05) is 24.7 Å². The maximum atomic E-state index is 12.8. The van der Waals surface area contributed by atoms with Crippen LogP contribution < -0.4 is 14.8 Å². The van der Waals surface area contributed by atoms with E-state index >= 15 is 0 Å². The average Bonchev–Trinajstić information content (AvgIpc) is 2.68. The zero-order chi connectivity index (χ0) is 19.2. The lowest BCUT2D eigenvalue weighted by Crippen LogP contribution is -2.44. The number of hydrogen-bond donors (Lipinski definition) is 1. The summed E-state index contributed by atoms with van der Waals surface area (Å²) in [5.74, 6) is 0.559. The van der Waals surface area contributed by atoms with E-state index in [0.717, 1.165) is 12.8 Å². The number of nitrogens with one attached hydrogen (secondary N) is 1. The van der Waals surface area contributed by atoms with Crippen LogP contribution in [0.2, 0.25) is 0 Å². The summed E-state index contributed by atoms with van der Waals surface area (Å²) in [6.45, 7) is 2.60. The summed E-state index contributed by atoms with van der Waals surface area (Å²) in [6.07, 6.45) is 4.57. The van der Waals surface area contributed by atoms with E-state index in [2.05, 4.69) is 15.3 Å². The van der Waals surface area contributed by atoms with Crippen molar-refractivity contribution in [2.75, 3.05) is 25.5 Å². The second-order valence-electron chi connectivity index (χ2n) is 6.29. The monoisotopic (exact) mass is 370 g/mol. The predicted octanol–water partition coefficient (Wildman–Crippen LogP) is 2.13. The van der Waals surface area contributed by atoms with Crippen LogP contribution in [0, 0.1) is 0 Å². The maximum absolute atomic E-state index is 12.8. The fourth-order valence-electron chi connectivity index (χ4n) is 2.96. The first-order valence-electron chi connectivity index (χ1n) is 8.75. The molecule has 1 aliphatic heterocycles. The molecule has 2 amide bonds. The smallest absolute Gasteiger partial charge is 0.253 e. The highest BCUT2D eigenvalue weighted by molar-refractivity contribution is 5.95. The van der Waals surface area contributed by atoms with E-state index < -0.39 is 0 Å². The molecule has 2 heterocycles. The lowest BCUT2D eigenvalue weighted by molar-refractivity contribution is -0.114.